The van der Waals surface area contributed by atoms with Crippen molar-refractivity contribution < 1.29 is 75.8 Å². The lowest BCUT2D eigenvalue weighted by Gasteiger charge is -2.21. The maximum absolute atomic E-state index is 13.0. The molecule has 18 heteroatoms. The largest absolute Gasteiger partial charge is 0.472 e. The molecule has 0 radical (unpaired) electrons. The third kappa shape index (κ3) is 90.3. The predicted molar refractivity (Wildman–Crippen MR) is 482 cm³/mol. The lowest BCUT2D eigenvalue weighted by molar-refractivity contribution is -0.161. The van der Waals surface area contributed by atoms with E-state index in [9.17, 15) is 43.5 Å². The summed E-state index contributed by atoms with van der Waals surface area (Å²) < 4.78 is 61.3. The number of unbranched alkanes of at least 4 members (excludes halogenated alkanes) is 43. The van der Waals surface area contributed by atoms with Gasteiger partial charge in [-0.3, -0.25) is 32.5 Å². The quantitative estimate of drug-likeness (QED) is 0.0146. The van der Waals surface area contributed by atoms with Crippen LogP contribution in [0.2, 0.25) is 0 Å². The normalized spacial score (nSPS) is 14.4. The van der Waals surface area contributed by atoms with Gasteiger partial charge in [-0.15, -0.1) is 0 Å². The van der Waals surface area contributed by atoms with Gasteiger partial charge in [0, 0.05) is 19.3 Å². The number of hydrogen-bond acceptors (Lipinski definition) is 14. The van der Waals surface area contributed by atoms with Gasteiger partial charge in [-0.25, -0.2) is 9.13 Å². The van der Waals surface area contributed by atoms with Crippen LogP contribution in [0.3, 0.4) is 0 Å². The Morgan fingerprint density at radius 1 is 0.252 bits per heavy atom. The summed E-state index contributed by atoms with van der Waals surface area (Å²) in [5.41, 5.74) is 0. The number of aliphatic hydroxyl groups excluding tert-OH is 2. The number of phosphoric ester groups is 2. The Morgan fingerprint density at radius 2 is 0.478 bits per heavy atom. The Labute approximate surface area is 703 Å². The van der Waals surface area contributed by atoms with Gasteiger partial charge in [0.2, 0.25) is 0 Å². The lowest BCUT2D eigenvalue weighted by atomic mass is 10.0. The van der Waals surface area contributed by atoms with Crippen molar-refractivity contribution in [1.29, 1.82) is 0 Å². The first kappa shape index (κ1) is 111. The Balaban J connectivity index is 4.36. The minimum atomic E-state index is -4.94. The summed E-state index contributed by atoms with van der Waals surface area (Å²) in [5.74, 6) is -1.58. The van der Waals surface area contributed by atoms with Gasteiger partial charge in [0.1, 0.15) is 25.4 Å². The summed E-state index contributed by atoms with van der Waals surface area (Å²) in [7, 11) is -9.80. The molecule has 0 aromatic heterocycles. The van der Waals surface area contributed by atoms with Crippen molar-refractivity contribution in [3.05, 3.63) is 134 Å². The molecule has 0 bridgehead atoms. The minimum Gasteiger partial charge on any atom is -0.463 e. The molecule has 664 valence electrons. The molecule has 115 heavy (non-hydrogen) atoms. The Bertz CT molecular complexity index is 2620. The molecule has 0 aliphatic rings. The molecule has 0 aliphatic heterocycles. The molecule has 0 fully saturated rings. The highest BCUT2D eigenvalue weighted by Gasteiger charge is 2.29. The number of rotatable bonds is 88. The average Bonchev–Trinajstić information content (AvgIpc) is 0.885. The summed E-state index contributed by atoms with van der Waals surface area (Å²) >= 11 is 0. The van der Waals surface area contributed by atoms with E-state index in [1.165, 1.54) is 205 Å². The molecule has 0 rings (SSSR count). The van der Waals surface area contributed by atoms with Gasteiger partial charge in [0.15, 0.2) is 6.10 Å². The smallest absolute Gasteiger partial charge is 0.463 e. The molecule has 0 aliphatic carbocycles. The van der Waals surface area contributed by atoms with Crippen molar-refractivity contribution in [2.45, 2.75) is 424 Å². The highest BCUT2D eigenvalue weighted by Crippen LogP contribution is 2.45. The fourth-order valence-corrected chi connectivity index (χ4v) is 14.4. The van der Waals surface area contributed by atoms with Crippen LogP contribution in [0.15, 0.2) is 134 Å². The third-order valence-electron chi connectivity index (χ3n) is 19.8. The van der Waals surface area contributed by atoms with Gasteiger partial charge in [0.05, 0.1) is 26.4 Å². The first-order chi connectivity index (χ1) is 56.2. The van der Waals surface area contributed by atoms with Crippen molar-refractivity contribution in [1.82, 2.24) is 0 Å². The van der Waals surface area contributed by atoms with Gasteiger partial charge in [-0.2, -0.15) is 0 Å². The zero-order valence-electron chi connectivity index (χ0n) is 73.2. The highest BCUT2D eigenvalue weighted by atomic mass is 31.2. The minimum absolute atomic E-state index is 0.0883. The van der Waals surface area contributed by atoms with E-state index in [1.54, 1.807) is 0 Å². The molecule has 0 amide bonds. The molecule has 5 unspecified atom stereocenters. The first-order valence-electron chi connectivity index (χ1n) is 46.5. The van der Waals surface area contributed by atoms with Crippen LogP contribution in [0.25, 0.3) is 0 Å². The molecule has 0 saturated heterocycles. The number of carbonyl (C=O) groups excluding carboxylic acids is 3. The molecular formula is C97H170O16P2. The number of phosphoric acid groups is 2. The van der Waals surface area contributed by atoms with E-state index >= 15 is 0 Å². The molecule has 16 nitrogen and oxygen atoms in total. The highest BCUT2D eigenvalue weighted by molar-refractivity contribution is 7.47. The number of hydrogen-bond donors (Lipinski definition) is 4. The van der Waals surface area contributed by atoms with E-state index < -0.39 is 91.5 Å². The van der Waals surface area contributed by atoms with Crippen molar-refractivity contribution in [3.8, 4) is 0 Å². The number of carbonyl (C=O) groups is 3. The fraction of sp³-hybridized carbons (Fsp3) is 0.742. The Morgan fingerprint density at radius 3 is 0.765 bits per heavy atom. The summed E-state index contributed by atoms with van der Waals surface area (Å²) in [6.07, 6.45) is 111. The van der Waals surface area contributed by atoms with Crippen LogP contribution in [-0.4, -0.2) is 95.9 Å². The maximum atomic E-state index is 13.0. The van der Waals surface area contributed by atoms with Gasteiger partial charge < -0.3 is 34.2 Å². The number of ether oxygens (including phenoxy) is 3. The van der Waals surface area contributed by atoms with E-state index in [1.807, 2.05) is 0 Å². The van der Waals surface area contributed by atoms with Crippen LogP contribution in [0.1, 0.15) is 406 Å². The van der Waals surface area contributed by atoms with E-state index in [-0.39, 0.29) is 19.3 Å². The van der Waals surface area contributed by atoms with Crippen LogP contribution in [0.5, 0.6) is 0 Å². The van der Waals surface area contributed by atoms with Crippen LogP contribution >= 0.6 is 15.6 Å². The molecule has 4 N–H and O–H groups in total. The van der Waals surface area contributed by atoms with E-state index in [2.05, 4.69) is 154 Å². The van der Waals surface area contributed by atoms with Crippen molar-refractivity contribution in [3.63, 3.8) is 0 Å². The Kier molecular flexibility index (Phi) is 85.6. The molecular weight excluding hydrogens is 1480 g/mol. The molecule has 0 aromatic carbocycles. The standard InChI is InChI=1S/C97H170O16P2/c1-4-7-10-13-16-19-22-25-27-29-31-33-35-37-39-41-43-44-45-46-48-50-51-53-55-57-59-61-63-66-68-71-74-77-80-83-95(100)107-86-92(98)87-109-114(103,104)110-88-93(99)89-111-115(105,106)112-91-94(113-97(102)85-82-79-76-73-70-65-24-21-18-15-12-9-6-3)90-108-96(101)84-81-78-75-72-69-67-64-62-60-58-56-54-52-49-47-42-40-38-36-34-32-30-28-26-23-20-17-14-11-8-5-2/h8,11-12,15-17,19-21,24-28,31-34,37-40,92-94,98-99H,4-7,9-10,13-14,18,22-23,29-30,35-36,41-91H2,1-3H3,(H,103,104)(H,105,106)/b11-8-,15-12-,19-16-,20-17-,24-21-,27-25-,28-26-,33-31-,34-32-,39-37-,40-38-. The Hall–Kier alpha value is -4.31. The average molecular weight is 1650 g/mol. The maximum Gasteiger partial charge on any atom is 0.472 e. The summed E-state index contributed by atoms with van der Waals surface area (Å²) in [4.78, 5) is 58.8. The summed E-state index contributed by atoms with van der Waals surface area (Å²) in [6.45, 7) is 2.51. The zero-order valence-corrected chi connectivity index (χ0v) is 75.0. The SMILES string of the molecule is CC/C=C\C/C=C\C/C=C\C/C=C\C/C=C\CCCCCCCCCCCCCCCCCC(=O)OCC(COP(=O)(O)OCC(O)COP(=O)(O)OCC(O)COC(=O)CCCCCCCCCCCCCCCCCCCCC/C=C\C/C=C\C/C=C\C/C=C\CCCCC)OC(=O)CCCCCCC/C=C\C/C=C\CCC. The number of allylic oxidation sites excluding steroid dienone is 22. The monoisotopic (exact) mass is 1650 g/mol. The van der Waals surface area contributed by atoms with Gasteiger partial charge in [-0.1, -0.05) is 386 Å². The first-order valence-corrected chi connectivity index (χ1v) is 49.5. The van der Waals surface area contributed by atoms with E-state index in [4.69, 9.17) is 32.3 Å². The van der Waals surface area contributed by atoms with E-state index in [0.29, 0.717) is 19.3 Å². The van der Waals surface area contributed by atoms with Crippen molar-refractivity contribution in [2.75, 3.05) is 39.6 Å². The van der Waals surface area contributed by atoms with Crippen LogP contribution in [0, 0.1) is 0 Å². The second-order valence-electron chi connectivity index (χ2n) is 31.1. The summed E-state index contributed by atoms with van der Waals surface area (Å²) in [6, 6.07) is 0. The second-order valence-corrected chi connectivity index (χ2v) is 34.0. The molecule has 0 heterocycles. The van der Waals surface area contributed by atoms with Crippen molar-refractivity contribution >= 4 is 33.6 Å². The van der Waals surface area contributed by atoms with Crippen LogP contribution < -0.4 is 0 Å². The van der Waals surface area contributed by atoms with Crippen LogP contribution in [-0.2, 0) is 55.8 Å². The van der Waals surface area contributed by atoms with Gasteiger partial charge in [-0.05, 0) is 135 Å². The molecule has 0 spiro atoms. The second kappa shape index (κ2) is 89.0. The zero-order chi connectivity index (χ0) is 83.6. The summed E-state index contributed by atoms with van der Waals surface area (Å²) in [5, 5.41) is 20.7. The van der Waals surface area contributed by atoms with Gasteiger partial charge in [0.25, 0.3) is 0 Å². The van der Waals surface area contributed by atoms with Crippen molar-refractivity contribution in [2.24, 2.45) is 0 Å². The third-order valence-corrected chi connectivity index (χ3v) is 21.7. The molecule has 5 atom stereocenters. The molecule has 0 saturated carbocycles. The molecule has 0 aromatic rings. The van der Waals surface area contributed by atoms with Gasteiger partial charge >= 0.3 is 33.6 Å². The predicted octanol–water partition coefficient (Wildman–Crippen LogP) is 28.6. The lowest BCUT2D eigenvalue weighted by Crippen LogP contribution is -2.30. The topological polar surface area (TPSA) is 231 Å². The fourth-order valence-electron chi connectivity index (χ4n) is 12.8. The van der Waals surface area contributed by atoms with Crippen LogP contribution in [0.4, 0.5) is 0 Å². The van der Waals surface area contributed by atoms with E-state index in [0.717, 1.165) is 141 Å². The number of esters is 3. The number of aliphatic hydroxyl groups is 2.